The molecule has 0 aliphatic heterocycles. The van der Waals surface area contributed by atoms with Crippen LogP contribution >= 0.6 is 0 Å². The van der Waals surface area contributed by atoms with E-state index < -0.39 is 6.17 Å². The van der Waals surface area contributed by atoms with Gasteiger partial charge in [0.25, 0.3) is 0 Å². The van der Waals surface area contributed by atoms with Crippen LogP contribution in [0.4, 0.5) is 4.39 Å². The molecule has 0 spiro atoms. The minimum Gasteiger partial charge on any atom is -0.298 e. The Morgan fingerprint density at radius 2 is 1.94 bits per heavy atom. The Morgan fingerprint density at radius 1 is 1.31 bits per heavy atom. The smallest absolute Gasteiger partial charge is 0.165 e. The number of hydrogen-bond donors (Lipinski definition) is 0. The SMILES string of the molecule is CC(C)C(=O)c1ccc([C@@H](C)F)c(C=O)c1. The largest absolute Gasteiger partial charge is 0.298 e. The maximum absolute atomic E-state index is 13.1. The van der Waals surface area contributed by atoms with Crippen molar-refractivity contribution in [2.75, 3.05) is 0 Å². The van der Waals surface area contributed by atoms with Gasteiger partial charge in [-0.2, -0.15) is 0 Å². The second kappa shape index (κ2) is 5.01. The van der Waals surface area contributed by atoms with Crippen LogP contribution in [-0.2, 0) is 0 Å². The number of ketones is 1. The van der Waals surface area contributed by atoms with E-state index in [0.717, 1.165) is 0 Å². The lowest BCUT2D eigenvalue weighted by atomic mass is 9.96. The van der Waals surface area contributed by atoms with Crippen LogP contribution in [0.3, 0.4) is 0 Å². The fourth-order valence-electron chi connectivity index (χ4n) is 1.53. The van der Waals surface area contributed by atoms with Crippen molar-refractivity contribution >= 4 is 12.1 Å². The van der Waals surface area contributed by atoms with E-state index in [2.05, 4.69) is 0 Å². The summed E-state index contributed by atoms with van der Waals surface area (Å²) in [6.07, 6.45) is -0.619. The molecule has 0 fully saturated rings. The molecule has 0 aliphatic rings. The number of benzene rings is 1. The summed E-state index contributed by atoms with van der Waals surface area (Å²) < 4.78 is 13.1. The molecule has 1 aromatic carbocycles. The first kappa shape index (κ1) is 12.6. The van der Waals surface area contributed by atoms with Crippen molar-refractivity contribution in [2.45, 2.75) is 26.9 Å². The molecule has 0 N–H and O–H groups in total. The first-order valence-corrected chi connectivity index (χ1v) is 5.24. The lowest BCUT2D eigenvalue weighted by molar-refractivity contribution is 0.0939. The van der Waals surface area contributed by atoms with E-state index in [1.807, 2.05) is 0 Å². The molecule has 0 aliphatic carbocycles. The molecule has 0 saturated heterocycles. The van der Waals surface area contributed by atoms with Crippen LogP contribution in [0.2, 0.25) is 0 Å². The van der Waals surface area contributed by atoms with Crippen LogP contribution in [0.5, 0.6) is 0 Å². The summed E-state index contributed by atoms with van der Waals surface area (Å²) in [4.78, 5) is 22.5. The number of Topliss-reactive ketones (excluding diaryl/α,β-unsaturated/α-hetero) is 1. The summed E-state index contributed by atoms with van der Waals surface area (Å²) in [7, 11) is 0. The zero-order valence-electron chi connectivity index (χ0n) is 9.66. The van der Waals surface area contributed by atoms with Crippen LogP contribution < -0.4 is 0 Å². The van der Waals surface area contributed by atoms with E-state index in [-0.39, 0.29) is 17.3 Å². The topological polar surface area (TPSA) is 34.1 Å². The fraction of sp³-hybridized carbons (Fsp3) is 0.385. The number of hydrogen-bond acceptors (Lipinski definition) is 2. The predicted molar refractivity (Wildman–Crippen MR) is 60.5 cm³/mol. The number of alkyl halides is 1. The molecule has 0 aromatic heterocycles. The van der Waals surface area contributed by atoms with Crippen LogP contribution in [0.15, 0.2) is 18.2 Å². The molecule has 16 heavy (non-hydrogen) atoms. The molecule has 0 bridgehead atoms. The van der Waals surface area contributed by atoms with Gasteiger partial charge in [-0.05, 0) is 18.6 Å². The lowest BCUT2D eigenvalue weighted by Gasteiger charge is -2.09. The second-order valence-electron chi connectivity index (χ2n) is 4.10. The molecule has 2 nitrogen and oxygen atoms in total. The van der Waals surface area contributed by atoms with Crippen molar-refractivity contribution in [3.05, 3.63) is 34.9 Å². The van der Waals surface area contributed by atoms with Crippen molar-refractivity contribution in [3.63, 3.8) is 0 Å². The average Bonchev–Trinajstić information content (AvgIpc) is 2.26. The van der Waals surface area contributed by atoms with Gasteiger partial charge in [-0.3, -0.25) is 9.59 Å². The molecular weight excluding hydrogens is 207 g/mol. The van der Waals surface area contributed by atoms with Gasteiger partial charge in [-0.25, -0.2) is 4.39 Å². The molecule has 0 heterocycles. The maximum atomic E-state index is 13.1. The second-order valence-corrected chi connectivity index (χ2v) is 4.10. The highest BCUT2D eigenvalue weighted by Crippen LogP contribution is 2.22. The molecule has 86 valence electrons. The van der Waals surface area contributed by atoms with E-state index in [9.17, 15) is 14.0 Å². The Labute approximate surface area is 94.5 Å². The van der Waals surface area contributed by atoms with E-state index in [1.54, 1.807) is 19.9 Å². The molecule has 3 heteroatoms. The minimum absolute atomic E-state index is 0.0406. The molecule has 0 saturated carbocycles. The van der Waals surface area contributed by atoms with Gasteiger partial charge >= 0.3 is 0 Å². The predicted octanol–water partition coefficient (Wildman–Crippen LogP) is 3.37. The Bertz CT molecular complexity index is 408. The van der Waals surface area contributed by atoms with Crippen molar-refractivity contribution < 1.29 is 14.0 Å². The molecule has 0 amide bonds. The van der Waals surface area contributed by atoms with E-state index >= 15 is 0 Å². The third-order valence-electron chi connectivity index (χ3n) is 2.45. The Hall–Kier alpha value is -1.51. The van der Waals surface area contributed by atoms with Gasteiger partial charge in [0.15, 0.2) is 5.78 Å². The van der Waals surface area contributed by atoms with Crippen molar-refractivity contribution in [1.82, 2.24) is 0 Å². The van der Waals surface area contributed by atoms with Crippen molar-refractivity contribution in [3.8, 4) is 0 Å². The third-order valence-corrected chi connectivity index (χ3v) is 2.45. The molecule has 1 atom stereocenters. The quantitative estimate of drug-likeness (QED) is 0.578. The number of rotatable bonds is 4. The average molecular weight is 222 g/mol. The summed E-state index contributed by atoms with van der Waals surface area (Å²) in [5, 5.41) is 0. The van der Waals surface area contributed by atoms with Gasteiger partial charge in [0.05, 0.1) is 0 Å². The number of halogens is 1. The normalized spacial score (nSPS) is 12.6. The van der Waals surface area contributed by atoms with Gasteiger partial charge in [0.1, 0.15) is 12.5 Å². The molecule has 1 aromatic rings. The van der Waals surface area contributed by atoms with Gasteiger partial charge in [0.2, 0.25) is 0 Å². The molecule has 1 rings (SSSR count). The van der Waals surface area contributed by atoms with Crippen molar-refractivity contribution in [2.24, 2.45) is 5.92 Å². The minimum atomic E-state index is -1.21. The first-order chi connectivity index (χ1) is 7.47. The highest BCUT2D eigenvalue weighted by Gasteiger charge is 2.14. The van der Waals surface area contributed by atoms with Crippen LogP contribution in [-0.4, -0.2) is 12.1 Å². The van der Waals surface area contributed by atoms with Crippen LogP contribution in [0, 0.1) is 5.92 Å². The van der Waals surface area contributed by atoms with Crippen LogP contribution in [0.25, 0.3) is 0 Å². The zero-order chi connectivity index (χ0) is 12.3. The first-order valence-electron chi connectivity index (χ1n) is 5.24. The summed E-state index contributed by atoms with van der Waals surface area (Å²) in [5.41, 5.74) is 1.04. The van der Waals surface area contributed by atoms with Crippen LogP contribution in [0.1, 0.15) is 53.2 Å². The maximum Gasteiger partial charge on any atom is 0.165 e. The highest BCUT2D eigenvalue weighted by molar-refractivity contribution is 5.98. The lowest BCUT2D eigenvalue weighted by Crippen LogP contribution is -2.08. The monoisotopic (exact) mass is 222 g/mol. The molecule has 0 unspecified atom stereocenters. The third kappa shape index (κ3) is 2.54. The van der Waals surface area contributed by atoms with Gasteiger partial charge < -0.3 is 0 Å². The van der Waals surface area contributed by atoms with E-state index in [1.165, 1.54) is 19.1 Å². The standard InChI is InChI=1S/C13H15FO2/c1-8(2)13(16)10-4-5-12(9(3)14)11(6-10)7-15/h4-9H,1-3H3/t9-/m1/s1. The summed E-state index contributed by atoms with van der Waals surface area (Å²) in [5.74, 6) is -0.172. The number of carbonyl (C=O) groups is 2. The fourth-order valence-corrected chi connectivity index (χ4v) is 1.53. The molecule has 0 radical (unpaired) electrons. The number of aldehydes is 1. The highest BCUT2D eigenvalue weighted by atomic mass is 19.1. The Morgan fingerprint density at radius 3 is 2.38 bits per heavy atom. The Balaban J connectivity index is 3.19. The van der Waals surface area contributed by atoms with E-state index in [0.29, 0.717) is 17.4 Å². The zero-order valence-corrected chi connectivity index (χ0v) is 9.66. The molecular formula is C13H15FO2. The Kier molecular flexibility index (Phi) is 3.93. The number of carbonyl (C=O) groups excluding carboxylic acids is 2. The van der Waals surface area contributed by atoms with Gasteiger partial charge in [-0.1, -0.05) is 26.0 Å². The van der Waals surface area contributed by atoms with Crippen molar-refractivity contribution in [1.29, 1.82) is 0 Å². The summed E-state index contributed by atoms with van der Waals surface area (Å²) in [6, 6.07) is 4.53. The van der Waals surface area contributed by atoms with Gasteiger partial charge in [0, 0.05) is 17.0 Å². The summed E-state index contributed by atoms with van der Waals surface area (Å²) >= 11 is 0. The van der Waals surface area contributed by atoms with Gasteiger partial charge in [-0.15, -0.1) is 0 Å². The summed E-state index contributed by atoms with van der Waals surface area (Å²) in [6.45, 7) is 4.94. The van der Waals surface area contributed by atoms with E-state index in [4.69, 9.17) is 0 Å².